The average molecular weight is 343 g/mol. The molecule has 1 aromatic carbocycles. The van der Waals surface area contributed by atoms with Gasteiger partial charge in [-0.3, -0.25) is 4.79 Å². The number of aliphatic hydroxyl groups excluding tert-OH is 3. The maximum absolute atomic E-state index is 12.5. The smallest absolute Gasteiger partial charge is 0.289 e. The van der Waals surface area contributed by atoms with E-state index in [4.69, 9.17) is 0 Å². The lowest BCUT2D eigenvalue weighted by Gasteiger charge is -2.30. The van der Waals surface area contributed by atoms with Gasteiger partial charge in [0.25, 0.3) is 5.91 Å². The molecule has 1 amide bonds. The van der Waals surface area contributed by atoms with Crippen LogP contribution in [-0.4, -0.2) is 61.0 Å². The van der Waals surface area contributed by atoms with Crippen LogP contribution in [-0.2, 0) is 11.3 Å². The average Bonchev–Trinajstić information content (AvgIpc) is 3.24. The second-order valence-electron chi connectivity index (χ2n) is 5.98. The van der Waals surface area contributed by atoms with Gasteiger partial charge in [0.1, 0.15) is 6.10 Å². The molecule has 0 saturated heterocycles. The fourth-order valence-corrected chi connectivity index (χ4v) is 3.18. The van der Waals surface area contributed by atoms with Gasteiger partial charge < -0.3 is 24.8 Å². The van der Waals surface area contributed by atoms with E-state index in [1.165, 1.54) is 4.90 Å². The molecule has 7 nitrogen and oxygen atoms in total. The Morgan fingerprint density at radius 2 is 1.96 bits per heavy atom. The van der Waals surface area contributed by atoms with Crippen LogP contribution in [0.25, 0.3) is 5.57 Å². The summed E-state index contributed by atoms with van der Waals surface area (Å²) in [5, 5.41) is 30.1. The van der Waals surface area contributed by atoms with Gasteiger partial charge in [-0.15, -0.1) is 0 Å². The van der Waals surface area contributed by atoms with Crippen molar-refractivity contribution in [3.05, 3.63) is 60.4 Å². The van der Waals surface area contributed by atoms with Gasteiger partial charge in [0.05, 0.1) is 19.0 Å². The Balaban J connectivity index is 1.82. The highest BCUT2D eigenvalue weighted by Crippen LogP contribution is 2.34. The summed E-state index contributed by atoms with van der Waals surface area (Å²) in [6.45, 7) is 0.506. The standard InChI is InChI=1S/C18H21N3O4/c22-11-14(23)16-15(13-5-2-1-3-6-13)17(24)18(25)21(16)9-4-8-20-10-7-19-12-20/h1-3,5-7,10,12,14,16,22-24H,4,8-9,11H2. The lowest BCUT2D eigenvalue weighted by atomic mass is 9.95. The molecule has 0 aliphatic carbocycles. The van der Waals surface area contributed by atoms with Gasteiger partial charge in [0, 0.05) is 31.1 Å². The van der Waals surface area contributed by atoms with E-state index in [0.717, 1.165) is 0 Å². The first-order valence-electron chi connectivity index (χ1n) is 8.17. The summed E-state index contributed by atoms with van der Waals surface area (Å²) in [4.78, 5) is 17.9. The summed E-state index contributed by atoms with van der Waals surface area (Å²) in [6.07, 6.45) is 4.66. The number of nitrogens with zero attached hydrogens (tertiary/aromatic N) is 3. The van der Waals surface area contributed by atoms with Gasteiger partial charge in [-0.1, -0.05) is 30.3 Å². The summed E-state index contributed by atoms with van der Waals surface area (Å²) >= 11 is 0. The van der Waals surface area contributed by atoms with Crippen LogP contribution in [0.15, 0.2) is 54.8 Å². The third-order valence-corrected chi connectivity index (χ3v) is 4.36. The number of amides is 1. The number of carbonyl (C=O) groups is 1. The van der Waals surface area contributed by atoms with E-state index in [1.54, 1.807) is 36.8 Å². The van der Waals surface area contributed by atoms with E-state index in [-0.39, 0.29) is 5.76 Å². The number of hydrogen-bond donors (Lipinski definition) is 3. The lowest BCUT2D eigenvalue weighted by molar-refractivity contribution is -0.131. The van der Waals surface area contributed by atoms with Crippen molar-refractivity contribution < 1.29 is 20.1 Å². The minimum Gasteiger partial charge on any atom is -0.503 e. The molecule has 0 saturated carbocycles. The molecule has 1 aliphatic heterocycles. The molecule has 3 N–H and O–H groups in total. The summed E-state index contributed by atoms with van der Waals surface area (Å²) in [7, 11) is 0. The van der Waals surface area contributed by atoms with Crippen LogP contribution in [0.2, 0.25) is 0 Å². The zero-order chi connectivity index (χ0) is 17.8. The highest BCUT2D eigenvalue weighted by molar-refractivity contribution is 6.05. The summed E-state index contributed by atoms with van der Waals surface area (Å²) < 4.78 is 1.89. The highest BCUT2D eigenvalue weighted by Gasteiger charge is 2.43. The van der Waals surface area contributed by atoms with Crippen LogP contribution in [0.3, 0.4) is 0 Å². The number of rotatable bonds is 7. The molecule has 2 heterocycles. The molecule has 0 spiro atoms. The number of aliphatic hydroxyl groups is 3. The van der Waals surface area contributed by atoms with Crippen molar-refractivity contribution in [2.75, 3.05) is 13.2 Å². The molecule has 132 valence electrons. The van der Waals surface area contributed by atoms with Crippen molar-refractivity contribution in [1.29, 1.82) is 0 Å². The molecule has 7 heteroatoms. The van der Waals surface area contributed by atoms with Crippen molar-refractivity contribution in [3.8, 4) is 0 Å². The number of aryl methyl sites for hydroxylation is 1. The Bertz CT molecular complexity index is 743. The maximum atomic E-state index is 12.5. The van der Waals surface area contributed by atoms with Gasteiger partial charge in [-0.05, 0) is 12.0 Å². The summed E-state index contributed by atoms with van der Waals surface area (Å²) in [5.41, 5.74) is 1.01. The predicted molar refractivity (Wildman–Crippen MR) is 91.4 cm³/mol. The van der Waals surface area contributed by atoms with Crippen LogP contribution < -0.4 is 0 Å². The fraction of sp³-hybridized carbons (Fsp3) is 0.333. The monoisotopic (exact) mass is 343 g/mol. The first-order chi connectivity index (χ1) is 12.1. The van der Waals surface area contributed by atoms with E-state index >= 15 is 0 Å². The Labute approximate surface area is 145 Å². The molecule has 2 aromatic rings. The number of aromatic nitrogens is 2. The van der Waals surface area contributed by atoms with Crippen molar-refractivity contribution in [3.63, 3.8) is 0 Å². The topological polar surface area (TPSA) is 98.8 Å². The fourth-order valence-electron chi connectivity index (χ4n) is 3.18. The molecule has 1 aliphatic rings. The SMILES string of the molecule is O=C1C(O)=C(c2ccccc2)C(C(O)CO)N1CCCn1ccnc1. The van der Waals surface area contributed by atoms with Crippen LogP contribution >= 0.6 is 0 Å². The molecule has 0 bridgehead atoms. The zero-order valence-corrected chi connectivity index (χ0v) is 13.7. The third-order valence-electron chi connectivity index (χ3n) is 4.36. The summed E-state index contributed by atoms with van der Waals surface area (Å²) in [5.74, 6) is -0.895. The highest BCUT2D eigenvalue weighted by atomic mass is 16.3. The molecule has 2 atom stereocenters. The van der Waals surface area contributed by atoms with Crippen molar-refractivity contribution >= 4 is 11.5 Å². The van der Waals surface area contributed by atoms with Crippen LogP contribution in [0.1, 0.15) is 12.0 Å². The maximum Gasteiger partial charge on any atom is 0.289 e. The van der Waals surface area contributed by atoms with Crippen LogP contribution in [0.4, 0.5) is 0 Å². The van der Waals surface area contributed by atoms with Gasteiger partial charge in [-0.25, -0.2) is 4.98 Å². The number of imidazole rings is 1. The quantitative estimate of drug-likeness (QED) is 0.691. The first kappa shape index (κ1) is 17.2. The molecule has 1 aromatic heterocycles. The van der Waals surface area contributed by atoms with Crippen molar-refractivity contribution in [2.24, 2.45) is 0 Å². The first-order valence-corrected chi connectivity index (χ1v) is 8.17. The molecule has 0 fully saturated rings. The second-order valence-corrected chi connectivity index (χ2v) is 5.98. The normalized spacial score (nSPS) is 18.9. The van der Waals surface area contributed by atoms with Gasteiger partial charge in [-0.2, -0.15) is 0 Å². The van der Waals surface area contributed by atoms with E-state index in [9.17, 15) is 20.1 Å². The lowest BCUT2D eigenvalue weighted by Crippen LogP contribution is -2.45. The molecular weight excluding hydrogens is 322 g/mol. The number of hydrogen-bond acceptors (Lipinski definition) is 5. The summed E-state index contributed by atoms with van der Waals surface area (Å²) in [6, 6.07) is 8.19. The Morgan fingerprint density at radius 1 is 1.20 bits per heavy atom. The molecule has 3 rings (SSSR count). The Hall–Kier alpha value is -2.64. The van der Waals surface area contributed by atoms with Crippen molar-refractivity contribution in [1.82, 2.24) is 14.5 Å². The van der Waals surface area contributed by atoms with E-state index in [0.29, 0.717) is 30.6 Å². The predicted octanol–water partition coefficient (Wildman–Crippen LogP) is 0.806. The van der Waals surface area contributed by atoms with E-state index in [1.807, 2.05) is 16.8 Å². The Kier molecular flexibility index (Phi) is 5.16. The largest absolute Gasteiger partial charge is 0.503 e. The number of carbonyl (C=O) groups excluding carboxylic acids is 1. The molecular formula is C18H21N3O4. The van der Waals surface area contributed by atoms with E-state index in [2.05, 4.69) is 4.98 Å². The molecule has 25 heavy (non-hydrogen) atoms. The van der Waals surface area contributed by atoms with Gasteiger partial charge >= 0.3 is 0 Å². The molecule has 2 unspecified atom stereocenters. The minimum atomic E-state index is -1.17. The Morgan fingerprint density at radius 3 is 2.60 bits per heavy atom. The van der Waals surface area contributed by atoms with Crippen LogP contribution in [0.5, 0.6) is 0 Å². The second kappa shape index (κ2) is 7.50. The molecule has 0 radical (unpaired) electrons. The van der Waals surface area contributed by atoms with Crippen molar-refractivity contribution in [2.45, 2.75) is 25.1 Å². The van der Waals surface area contributed by atoms with Gasteiger partial charge in [0.2, 0.25) is 0 Å². The van der Waals surface area contributed by atoms with Crippen LogP contribution in [0, 0.1) is 0 Å². The zero-order valence-electron chi connectivity index (χ0n) is 13.7. The third kappa shape index (κ3) is 3.42. The minimum absolute atomic E-state index is 0.346. The van der Waals surface area contributed by atoms with E-state index < -0.39 is 24.7 Å². The number of benzene rings is 1. The van der Waals surface area contributed by atoms with Gasteiger partial charge in [0.15, 0.2) is 5.76 Å².